The molecule has 0 aliphatic carbocycles. The van der Waals surface area contributed by atoms with Crippen molar-refractivity contribution in [3.8, 4) is 5.75 Å². The Kier molecular flexibility index (Phi) is 6.01. The molecule has 162 valence electrons. The summed E-state index contributed by atoms with van der Waals surface area (Å²) in [5.41, 5.74) is 4.44. The van der Waals surface area contributed by atoms with Crippen molar-refractivity contribution in [2.24, 2.45) is 0 Å². The lowest BCUT2D eigenvalue weighted by Crippen LogP contribution is -2.32. The van der Waals surface area contributed by atoms with E-state index in [-0.39, 0.29) is 5.70 Å². The molecule has 0 saturated carbocycles. The number of rotatable bonds is 6. The van der Waals surface area contributed by atoms with Gasteiger partial charge in [-0.1, -0.05) is 35.9 Å². The van der Waals surface area contributed by atoms with Crippen molar-refractivity contribution in [3.05, 3.63) is 94.1 Å². The molecule has 0 aromatic heterocycles. The minimum atomic E-state index is -0.430. The van der Waals surface area contributed by atoms with Crippen LogP contribution in [0.4, 0.5) is 11.4 Å². The average Bonchev–Trinajstić information content (AvgIpc) is 2.98. The first kappa shape index (κ1) is 21.7. The molecule has 1 heterocycles. The molecule has 6 heteroatoms. The molecular weight excluding hydrogens is 424 g/mol. The third kappa shape index (κ3) is 4.25. The van der Waals surface area contributed by atoms with Gasteiger partial charge in [0.05, 0.1) is 17.9 Å². The van der Waals surface area contributed by atoms with Crippen molar-refractivity contribution in [2.45, 2.75) is 20.8 Å². The molecule has 0 unspecified atom stereocenters. The van der Waals surface area contributed by atoms with Gasteiger partial charge in [0, 0.05) is 10.7 Å². The van der Waals surface area contributed by atoms with E-state index in [1.165, 1.54) is 0 Å². The average molecular weight is 447 g/mol. The number of aryl methyl sites for hydroxylation is 2. The van der Waals surface area contributed by atoms with Gasteiger partial charge in [0.2, 0.25) is 0 Å². The van der Waals surface area contributed by atoms with Crippen LogP contribution in [0, 0.1) is 13.8 Å². The van der Waals surface area contributed by atoms with E-state index < -0.39 is 11.8 Å². The van der Waals surface area contributed by atoms with E-state index in [0.717, 1.165) is 21.7 Å². The molecular formula is C26H23ClN2O3. The Labute approximate surface area is 192 Å². The summed E-state index contributed by atoms with van der Waals surface area (Å²) >= 11 is 6.13. The highest BCUT2D eigenvalue weighted by molar-refractivity contribution is 6.46. The summed E-state index contributed by atoms with van der Waals surface area (Å²) in [5.74, 6) is -0.141. The molecule has 1 aliphatic rings. The lowest BCUT2D eigenvalue weighted by Gasteiger charge is -2.16. The van der Waals surface area contributed by atoms with Gasteiger partial charge in [-0.2, -0.15) is 0 Å². The van der Waals surface area contributed by atoms with E-state index in [1.807, 2.05) is 39.0 Å². The Balaban J connectivity index is 1.81. The van der Waals surface area contributed by atoms with Crippen molar-refractivity contribution >= 4 is 40.4 Å². The van der Waals surface area contributed by atoms with Gasteiger partial charge in [0.25, 0.3) is 11.8 Å². The predicted octanol–water partition coefficient (Wildman–Crippen LogP) is 5.75. The molecule has 1 aliphatic heterocycles. The quantitative estimate of drug-likeness (QED) is 0.489. The molecule has 0 spiro atoms. The predicted molar refractivity (Wildman–Crippen MR) is 128 cm³/mol. The summed E-state index contributed by atoms with van der Waals surface area (Å²) in [6, 6.07) is 19.8. The maximum absolute atomic E-state index is 13.5. The van der Waals surface area contributed by atoms with Gasteiger partial charge >= 0.3 is 0 Å². The molecule has 1 N–H and O–H groups in total. The summed E-state index contributed by atoms with van der Waals surface area (Å²) in [7, 11) is 0. The second kappa shape index (κ2) is 8.89. The molecule has 0 saturated heterocycles. The van der Waals surface area contributed by atoms with Crippen molar-refractivity contribution < 1.29 is 14.3 Å². The van der Waals surface area contributed by atoms with Crippen molar-refractivity contribution in [3.63, 3.8) is 0 Å². The van der Waals surface area contributed by atoms with Crippen LogP contribution in [0.15, 0.2) is 72.4 Å². The van der Waals surface area contributed by atoms with Gasteiger partial charge in [-0.15, -0.1) is 0 Å². The molecule has 32 heavy (non-hydrogen) atoms. The van der Waals surface area contributed by atoms with E-state index in [1.54, 1.807) is 48.5 Å². The van der Waals surface area contributed by atoms with Crippen molar-refractivity contribution in [1.29, 1.82) is 0 Å². The smallest absolute Gasteiger partial charge is 0.282 e. The molecule has 4 rings (SSSR count). The number of amides is 2. The molecule has 3 aromatic rings. The molecule has 0 fully saturated rings. The number of nitrogens with one attached hydrogen (secondary N) is 1. The third-order valence-electron chi connectivity index (χ3n) is 5.10. The first-order chi connectivity index (χ1) is 15.4. The van der Waals surface area contributed by atoms with Gasteiger partial charge in [-0.05, 0) is 79.9 Å². The molecule has 0 radical (unpaired) electrons. The first-order valence-corrected chi connectivity index (χ1v) is 10.7. The van der Waals surface area contributed by atoms with Gasteiger partial charge in [-0.3, -0.25) is 9.59 Å². The second-order valence-electron chi connectivity index (χ2n) is 7.63. The highest BCUT2D eigenvalue weighted by Gasteiger charge is 2.40. The van der Waals surface area contributed by atoms with Gasteiger partial charge in [0.1, 0.15) is 11.4 Å². The highest BCUT2D eigenvalue weighted by atomic mass is 35.5. The lowest BCUT2D eigenvalue weighted by atomic mass is 10.0. The Morgan fingerprint density at radius 2 is 1.59 bits per heavy atom. The fourth-order valence-electron chi connectivity index (χ4n) is 3.84. The van der Waals surface area contributed by atoms with E-state index in [4.69, 9.17) is 16.3 Å². The largest absolute Gasteiger partial charge is 0.494 e. The monoisotopic (exact) mass is 446 g/mol. The number of anilines is 2. The minimum Gasteiger partial charge on any atom is -0.494 e. The van der Waals surface area contributed by atoms with Crippen LogP contribution in [-0.2, 0) is 9.59 Å². The molecule has 5 nitrogen and oxygen atoms in total. The number of benzene rings is 3. The maximum Gasteiger partial charge on any atom is 0.282 e. The van der Waals surface area contributed by atoms with Crippen LogP contribution in [0.5, 0.6) is 5.75 Å². The van der Waals surface area contributed by atoms with Crippen LogP contribution in [0.1, 0.15) is 23.6 Å². The normalized spacial score (nSPS) is 13.7. The number of hydrogen-bond donors (Lipinski definition) is 1. The number of carbonyl (C=O) groups is 2. The summed E-state index contributed by atoms with van der Waals surface area (Å²) in [6.45, 7) is 6.42. The fraction of sp³-hybridized carbons (Fsp3) is 0.154. The van der Waals surface area contributed by atoms with Crippen molar-refractivity contribution in [1.82, 2.24) is 0 Å². The van der Waals surface area contributed by atoms with Crippen molar-refractivity contribution in [2.75, 3.05) is 16.8 Å². The first-order valence-electron chi connectivity index (χ1n) is 10.3. The number of carbonyl (C=O) groups excluding carboxylic acids is 2. The van der Waals surface area contributed by atoms with Gasteiger partial charge in [-0.25, -0.2) is 4.90 Å². The summed E-state index contributed by atoms with van der Waals surface area (Å²) in [6.07, 6.45) is 0. The summed E-state index contributed by atoms with van der Waals surface area (Å²) < 4.78 is 5.52. The van der Waals surface area contributed by atoms with Crippen LogP contribution in [-0.4, -0.2) is 18.4 Å². The Morgan fingerprint density at radius 3 is 2.22 bits per heavy atom. The maximum atomic E-state index is 13.5. The molecule has 2 amide bonds. The molecule has 0 bridgehead atoms. The fourth-order valence-corrected chi connectivity index (χ4v) is 4.02. The number of imide groups is 1. The zero-order valence-electron chi connectivity index (χ0n) is 18.1. The number of halogens is 1. The molecule has 3 aromatic carbocycles. The zero-order valence-corrected chi connectivity index (χ0v) is 18.9. The van der Waals surface area contributed by atoms with E-state index in [0.29, 0.717) is 34.2 Å². The standard InChI is InChI=1S/C26H23ClN2O3/c1-4-32-22-10-8-18(9-11-22)23-24(28-20-13-16(2)12-17(3)14-20)26(31)29(25(23)30)21-7-5-6-19(27)15-21/h5-15,28H,4H2,1-3H3. The zero-order chi connectivity index (χ0) is 22.8. The SMILES string of the molecule is CCOc1ccc(C2=C(Nc3cc(C)cc(C)c3)C(=O)N(c3cccc(Cl)c3)C2=O)cc1. The van der Waals surface area contributed by atoms with Crippen LogP contribution in [0.3, 0.4) is 0 Å². The van der Waals surface area contributed by atoms with Crippen LogP contribution in [0.2, 0.25) is 5.02 Å². The van der Waals surface area contributed by atoms with Crippen LogP contribution in [0.25, 0.3) is 5.57 Å². The third-order valence-corrected chi connectivity index (χ3v) is 5.33. The topological polar surface area (TPSA) is 58.6 Å². The summed E-state index contributed by atoms with van der Waals surface area (Å²) in [5, 5.41) is 3.65. The number of ether oxygens (including phenoxy) is 1. The molecule has 0 atom stereocenters. The highest BCUT2D eigenvalue weighted by Crippen LogP contribution is 2.35. The number of hydrogen-bond acceptors (Lipinski definition) is 4. The minimum absolute atomic E-state index is 0.226. The lowest BCUT2D eigenvalue weighted by molar-refractivity contribution is -0.120. The van der Waals surface area contributed by atoms with Gasteiger partial charge < -0.3 is 10.1 Å². The Hall–Kier alpha value is -3.57. The van der Waals surface area contributed by atoms with E-state index in [9.17, 15) is 9.59 Å². The number of nitrogens with zero attached hydrogens (tertiary/aromatic N) is 1. The van der Waals surface area contributed by atoms with E-state index in [2.05, 4.69) is 5.32 Å². The second-order valence-corrected chi connectivity index (χ2v) is 8.07. The van der Waals surface area contributed by atoms with Crippen LogP contribution >= 0.6 is 11.6 Å². The van der Waals surface area contributed by atoms with Crippen LogP contribution < -0.4 is 15.0 Å². The summed E-state index contributed by atoms with van der Waals surface area (Å²) in [4.78, 5) is 28.1. The van der Waals surface area contributed by atoms with E-state index >= 15 is 0 Å². The Morgan fingerprint density at radius 1 is 0.906 bits per heavy atom. The van der Waals surface area contributed by atoms with Gasteiger partial charge in [0.15, 0.2) is 0 Å². The Bertz CT molecular complexity index is 1210.